The zero-order valence-electron chi connectivity index (χ0n) is 26.4. The van der Waals surface area contributed by atoms with E-state index in [4.69, 9.17) is 19.9 Å². The molecule has 5 heteroatoms. The highest BCUT2D eigenvalue weighted by molar-refractivity contribution is 7.20. The highest BCUT2D eigenvalue weighted by Crippen LogP contribution is 2.51. The van der Waals surface area contributed by atoms with Crippen LogP contribution in [0.1, 0.15) is 0 Å². The second-order valence-corrected chi connectivity index (χ2v) is 12.9. The van der Waals surface area contributed by atoms with E-state index < -0.39 is 0 Å². The fourth-order valence-corrected chi connectivity index (χ4v) is 7.68. The topological polar surface area (TPSA) is 51.6 Å². The fourth-order valence-electron chi connectivity index (χ4n) is 6.38. The molecule has 4 nitrogen and oxygen atoms in total. The van der Waals surface area contributed by atoms with Crippen LogP contribution in [-0.4, -0.2) is 19.9 Å². The molecule has 0 saturated heterocycles. The lowest BCUT2D eigenvalue weighted by Crippen LogP contribution is -1.91. The fraction of sp³-hybridized carbons (Fsp3) is 0. The maximum Gasteiger partial charge on any atom is 0.0894 e. The van der Waals surface area contributed by atoms with E-state index >= 15 is 0 Å². The minimum atomic E-state index is 0.840. The lowest BCUT2D eigenvalue weighted by Gasteiger charge is -2.11. The van der Waals surface area contributed by atoms with Crippen molar-refractivity contribution in [2.24, 2.45) is 0 Å². The Kier molecular flexibility index (Phi) is 7.30. The molecular weight excluding hydrogens is 617 g/mol. The summed E-state index contributed by atoms with van der Waals surface area (Å²) >= 11 is 1.75. The van der Waals surface area contributed by atoms with Gasteiger partial charge in [-0.15, -0.1) is 11.3 Å². The Morgan fingerprint density at radius 3 is 1.45 bits per heavy atom. The molecule has 0 radical (unpaired) electrons. The largest absolute Gasteiger partial charge is 0.254 e. The van der Waals surface area contributed by atoms with Gasteiger partial charge in [0.25, 0.3) is 0 Å². The molecule has 0 bridgehead atoms. The van der Waals surface area contributed by atoms with Gasteiger partial charge in [0.2, 0.25) is 0 Å². The first-order valence-electron chi connectivity index (χ1n) is 16.2. The van der Waals surface area contributed by atoms with Crippen molar-refractivity contribution >= 4 is 33.1 Å². The van der Waals surface area contributed by atoms with Gasteiger partial charge in [-0.25, -0.2) is 15.0 Å². The molecule has 0 aliphatic carbocycles. The Bertz CT molecular complexity index is 2590. The number of benzene rings is 4. The summed E-state index contributed by atoms with van der Waals surface area (Å²) in [6, 6.07) is 56.4. The molecule has 0 N–H and O–H groups in total. The van der Waals surface area contributed by atoms with Gasteiger partial charge in [0.1, 0.15) is 0 Å². The maximum atomic E-state index is 5.25. The van der Waals surface area contributed by atoms with Crippen LogP contribution < -0.4 is 0 Å². The molecule has 5 aromatic heterocycles. The van der Waals surface area contributed by atoms with Crippen molar-refractivity contribution in [2.75, 3.05) is 0 Å². The van der Waals surface area contributed by atoms with Gasteiger partial charge in [0.05, 0.1) is 44.4 Å². The zero-order valence-corrected chi connectivity index (χ0v) is 27.2. The molecule has 0 spiro atoms. The third-order valence-corrected chi connectivity index (χ3v) is 10.0. The van der Waals surface area contributed by atoms with Crippen LogP contribution in [0.3, 0.4) is 0 Å². The number of hydrogen-bond acceptors (Lipinski definition) is 5. The molecule has 4 aromatic carbocycles. The van der Waals surface area contributed by atoms with Gasteiger partial charge in [0.15, 0.2) is 0 Å². The van der Waals surface area contributed by atoms with E-state index in [1.54, 1.807) is 11.3 Å². The summed E-state index contributed by atoms with van der Waals surface area (Å²) in [7, 11) is 0. The first kappa shape index (κ1) is 28.9. The number of fused-ring (bicyclic) bond motifs is 2. The standard InChI is InChI=1S/C44H28N4S/c1-3-14-31(15-4-1)41-42(32-16-5-2-6-17-32)44(40-21-11-20-37(48-40)39-27-23-30-13-8-10-19-35(30)47-39)49-43(41)33-24-25-36(45-28-33)38-26-22-29-12-7-9-18-34(29)46-38/h1-28H. The number of thiophene rings is 1. The van der Waals surface area contributed by atoms with Gasteiger partial charge in [-0.3, -0.25) is 4.98 Å². The molecule has 0 aliphatic heterocycles. The number of rotatable bonds is 6. The molecule has 0 aliphatic rings. The average molecular weight is 645 g/mol. The van der Waals surface area contributed by atoms with E-state index in [0.29, 0.717) is 0 Å². The van der Waals surface area contributed by atoms with Gasteiger partial charge < -0.3 is 0 Å². The summed E-state index contributed by atoms with van der Waals surface area (Å²) in [5.41, 5.74) is 11.9. The van der Waals surface area contributed by atoms with E-state index in [9.17, 15) is 0 Å². The number of aromatic nitrogens is 4. The lowest BCUT2D eigenvalue weighted by atomic mass is 9.92. The van der Waals surface area contributed by atoms with Crippen LogP contribution in [-0.2, 0) is 0 Å². The average Bonchev–Trinajstić information content (AvgIpc) is 3.59. The molecule has 0 atom stereocenters. The number of hydrogen-bond donors (Lipinski definition) is 0. The minimum absolute atomic E-state index is 0.840. The second kappa shape index (κ2) is 12.4. The molecule has 0 saturated carbocycles. The second-order valence-electron chi connectivity index (χ2n) is 11.9. The zero-order chi connectivity index (χ0) is 32.6. The van der Waals surface area contributed by atoms with E-state index in [1.165, 1.54) is 5.56 Å². The summed E-state index contributed by atoms with van der Waals surface area (Å²) in [5, 5.41) is 2.23. The molecule has 0 amide bonds. The van der Waals surface area contributed by atoms with Crippen LogP contribution in [0, 0.1) is 0 Å². The van der Waals surface area contributed by atoms with Crippen molar-refractivity contribution in [2.45, 2.75) is 0 Å². The summed E-state index contributed by atoms with van der Waals surface area (Å²) < 4.78 is 0. The van der Waals surface area contributed by atoms with Crippen LogP contribution in [0.4, 0.5) is 0 Å². The van der Waals surface area contributed by atoms with Crippen molar-refractivity contribution in [3.05, 3.63) is 170 Å². The number of para-hydroxylation sites is 2. The van der Waals surface area contributed by atoms with Gasteiger partial charge in [0, 0.05) is 38.5 Å². The minimum Gasteiger partial charge on any atom is -0.254 e. The normalized spacial score (nSPS) is 11.3. The molecule has 9 rings (SSSR count). The Hall–Kier alpha value is -6.30. The Balaban J connectivity index is 1.22. The molecule has 5 heterocycles. The van der Waals surface area contributed by atoms with Gasteiger partial charge in [-0.1, -0.05) is 115 Å². The first-order chi connectivity index (χ1) is 24.3. The number of nitrogens with zero attached hydrogens (tertiary/aromatic N) is 4. The van der Waals surface area contributed by atoms with E-state index in [-0.39, 0.29) is 0 Å². The van der Waals surface area contributed by atoms with E-state index in [0.717, 1.165) is 82.3 Å². The third kappa shape index (κ3) is 5.46. The van der Waals surface area contributed by atoms with Crippen LogP contribution in [0.5, 0.6) is 0 Å². The Labute approximate surface area is 288 Å². The van der Waals surface area contributed by atoms with Crippen molar-refractivity contribution < 1.29 is 0 Å². The maximum absolute atomic E-state index is 5.25. The predicted octanol–water partition coefficient (Wildman–Crippen LogP) is 11.6. The molecule has 0 fully saturated rings. The van der Waals surface area contributed by atoms with Crippen LogP contribution in [0.15, 0.2) is 170 Å². The quantitative estimate of drug-likeness (QED) is 0.181. The Morgan fingerprint density at radius 1 is 0.327 bits per heavy atom. The van der Waals surface area contributed by atoms with E-state index in [1.807, 2.05) is 54.7 Å². The highest BCUT2D eigenvalue weighted by Gasteiger charge is 2.24. The highest BCUT2D eigenvalue weighted by atomic mass is 32.1. The Morgan fingerprint density at radius 2 is 0.837 bits per heavy atom. The molecule has 230 valence electrons. The monoisotopic (exact) mass is 644 g/mol. The molecule has 9 aromatic rings. The van der Waals surface area contributed by atoms with E-state index in [2.05, 4.69) is 115 Å². The smallest absolute Gasteiger partial charge is 0.0894 e. The van der Waals surface area contributed by atoms with Crippen molar-refractivity contribution in [3.8, 4) is 66.0 Å². The lowest BCUT2D eigenvalue weighted by molar-refractivity contribution is 1.28. The SMILES string of the molecule is c1ccc(-c2c(-c3ccc(-c4ccc5ccccc5n4)nc3)sc(-c3cccc(-c4ccc5ccccc5n4)n3)c2-c2ccccc2)cc1. The molecule has 49 heavy (non-hydrogen) atoms. The van der Waals surface area contributed by atoms with Gasteiger partial charge in [-0.2, -0.15) is 0 Å². The van der Waals surface area contributed by atoms with Gasteiger partial charge >= 0.3 is 0 Å². The van der Waals surface area contributed by atoms with Gasteiger partial charge in [-0.05, 0) is 59.7 Å². The molecular formula is C44H28N4S. The first-order valence-corrected chi connectivity index (χ1v) is 17.0. The summed E-state index contributed by atoms with van der Waals surface area (Å²) in [4.78, 5) is 22.3. The summed E-state index contributed by atoms with van der Waals surface area (Å²) in [6.07, 6.45) is 1.98. The third-order valence-electron chi connectivity index (χ3n) is 8.76. The molecule has 0 unspecified atom stereocenters. The van der Waals surface area contributed by atoms with Crippen LogP contribution in [0.2, 0.25) is 0 Å². The van der Waals surface area contributed by atoms with Crippen LogP contribution in [0.25, 0.3) is 87.8 Å². The summed E-state index contributed by atoms with van der Waals surface area (Å²) in [5.74, 6) is 0. The van der Waals surface area contributed by atoms with Crippen molar-refractivity contribution in [1.29, 1.82) is 0 Å². The predicted molar refractivity (Wildman–Crippen MR) is 203 cm³/mol. The van der Waals surface area contributed by atoms with Crippen LogP contribution >= 0.6 is 11.3 Å². The van der Waals surface area contributed by atoms with Crippen molar-refractivity contribution in [3.63, 3.8) is 0 Å². The van der Waals surface area contributed by atoms with Crippen molar-refractivity contribution in [1.82, 2.24) is 19.9 Å². The number of pyridine rings is 4. The summed E-state index contributed by atoms with van der Waals surface area (Å²) in [6.45, 7) is 0.